The van der Waals surface area contributed by atoms with Gasteiger partial charge >= 0.3 is 0 Å². The SMILES string of the molecule is OC1[C@H]2CCCC[C@@H]1[C@H](c1ccccc1Cl)N[C@@H]2c1ccccc1Cl. The van der Waals surface area contributed by atoms with E-state index in [0.717, 1.165) is 46.9 Å². The quantitative estimate of drug-likeness (QED) is 0.721. The lowest BCUT2D eigenvalue weighted by Crippen LogP contribution is -2.50. The third-order valence-electron chi connectivity index (χ3n) is 5.90. The highest BCUT2D eigenvalue weighted by Crippen LogP contribution is 2.48. The van der Waals surface area contributed by atoms with Gasteiger partial charge in [-0.1, -0.05) is 72.4 Å². The minimum atomic E-state index is -0.341. The highest BCUT2D eigenvalue weighted by molar-refractivity contribution is 6.31. The molecule has 4 rings (SSSR count). The summed E-state index contributed by atoms with van der Waals surface area (Å²) in [4.78, 5) is 0. The highest BCUT2D eigenvalue weighted by atomic mass is 35.5. The fourth-order valence-corrected chi connectivity index (χ4v) is 5.19. The fraction of sp³-hybridized carbons (Fsp3) is 0.429. The van der Waals surface area contributed by atoms with E-state index in [0.29, 0.717) is 0 Å². The Morgan fingerprint density at radius 2 is 1.20 bits per heavy atom. The van der Waals surface area contributed by atoms with Crippen LogP contribution >= 0.6 is 23.2 Å². The number of aliphatic hydroxyl groups excluding tert-OH is 1. The molecule has 2 fully saturated rings. The molecule has 1 unspecified atom stereocenters. The van der Waals surface area contributed by atoms with Gasteiger partial charge in [0.1, 0.15) is 0 Å². The minimum Gasteiger partial charge on any atom is -0.392 e. The van der Waals surface area contributed by atoms with Gasteiger partial charge in [0.15, 0.2) is 0 Å². The van der Waals surface area contributed by atoms with Crippen LogP contribution < -0.4 is 5.32 Å². The summed E-state index contributed by atoms with van der Waals surface area (Å²) >= 11 is 13.0. The molecule has 1 heterocycles. The van der Waals surface area contributed by atoms with Crippen molar-refractivity contribution in [2.75, 3.05) is 0 Å². The summed E-state index contributed by atoms with van der Waals surface area (Å²) in [6.07, 6.45) is 4.00. The zero-order chi connectivity index (χ0) is 17.4. The van der Waals surface area contributed by atoms with Crippen molar-refractivity contribution in [2.24, 2.45) is 11.8 Å². The molecule has 2 aromatic carbocycles. The van der Waals surface area contributed by atoms with E-state index in [9.17, 15) is 5.11 Å². The van der Waals surface area contributed by atoms with Crippen molar-refractivity contribution in [3.63, 3.8) is 0 Å². The number of nitrogens with one attached hydrogen (secondary N) is 1. The normalized spacial score (nSPS) is 32.2. The molecule has 2 N–H and O–H groups in total. The van der Waals surface area contributed by atoms with Crippen molar-refractivity contribution in [1.29, 1.82) is 0 Å². The number of piperidine rings is 1. The molecule has 0 spiro atoms. The first-order chi connectivity index (χ1) is 12.2. The number of halogens is 2. The van der Waals surface area contributed by atoms with Crippen LogP contribution in [0, 0.1) is 11.8 Å². The molecule has 25 heavy (non-hydrogen) atoms. The average Bonchev–Trinajstić information content (AvgIpc) is 2.74. The van der Waals surface area contributed by atoms with Gasteiger partial charge in [-0.05, 0) is 36.1 Å². The molecule has 2 aromatic rings. The molecule has 0 amide bonds. The van der Waals surface area contributed by atoms with Gasteiger partial charge in [0.05, 0.1) is 6.10 Å². The van der Waals surface area contributed by atoms with Gasteiger partial charge in [-0.2, -0.15) is 0 Å². The molecular weight excluding hydrogens is 353 g/mol. The topological polar surface area (TPSA) is 32.3 Å². The van der Waals surface area contributed by atoms with E-state index in [1.54, 1.807) is 0 Å². The van der Waals surface area contributed by atoms with E-state index in [4.69, 9.17) is 23.2 Å². The molecule has 2 bridgehead atoms. The van der Waals surface area contributed by atoms with Crippen molar-refractivity contribution in [3.8, 4) is 0 Å². The maximum atomic E-state index is 11.2. The van der Waals surface area contributed by atoms with Crippen molar-refractivity contribution in [2.45, 2.75) is 43.9 Å². The molecule has 0 radical (unpaired) electrons. The molecule has 1 saturated heterocycles. The first kappa shape index (κ1) is 17.4. The van der Waals surface area contributed by atoms with Crippen molar-refractivity contribution in [1.82, 2.24) is 5.32 Å². The van der Waals surface area contributed by atoms with Crippen LogP contribution in [0.4, 0.5) is 0 Å². The number of aliphatic hydroxyl groups is 1. The first-order valence-electron chi connectivity index (χ1n) is 9.10. The lowest BCUT2D eigenvalue weighted by Gasteiger charge is -2.46. The Kier molecular flexibility index (Phi) is 5.06. The largest absolute Gasteiger partial charge is 0.392 e. The molecule has 0 aromatic heterocycles. The minimum absolute atomic E-state index is 0.0410. The lowest BCUT2D eigenvalue weighted by atomic mass is 9.73. The van der Waals surface area contributed by atoms with Gasteiger partial charge in [0.25, 0.3) is 0 Å². The van der Waals surface area contributed by atoms with E-state index in [2.05, 4.69) is 17.4 Å². The van der Waals surface area contributed by atoms with E-state index in [1.807, 2.05) is 36.4 Å². The second-order valence-corrected chi connectivity index (χ2v) is 8.08. The van der Waals surface area contributed by atoms with Crippen LogP contribution in [0.3, 0.4) is 0 Å². The lowest BCUT2D eigenvalue weighted by molar-refractivity contribution is -0.0192. The molecule has 1 aliphatic heterocycles. The Morgan fingerprint density at radius 1 is 0.760 bits per heavy atom. The van der Waals surface area contributed by atoms with Crippen LogP contribution in [0.2, 0.25) is 10.0 Å². The van der Waals surface area contributed by atoms with Crippen molar-refractivity contribution < 1.29 is 5.11 Å². The summed E-state index contributed by atoms with van der Waals surface area (Å²) in [6, 6.07) is 16.0. The van der Waals surface area contributed by atoms with Gasteiger partial charge in [-0.15, -0.1) is 0 Å². The van der Waals surface area contributed by atoms with Crippen LogP contribution in [0.15, 0.2) is 48.5 Å². The third-order valence-corrected chi connectivity index (χ3v) is 6.59. The van der Waals surface area contributed by atoms with Crippen molar-refractivity contribution in [3.05, 3.63) is 69.7 Å². The second kappa shape index (κ2) is 7.28. The number of rotatable bonds is 2. The number of hydrogen-bond donors (Lipinski definition) is 2. The highest BCUT2D eigenvalue weighted by Gasteiger charge is 2.46. The maximum Gasteiger partial charge on any atom is 0.0632 e. The molecule has 1 aliphatic carbocycles. The predicted octanol–water partition coefficient (Wildman–Crippen LogP) is 5.55. The molecule has 2 nitrogen and oxygen atoms in total. The summed E-state index contributed by atoms with van der Waals surface area (Å²) in [5.74, 6) is 0.372. The molecule has 5 atom stereocenters. The fourth-order valence-electron chi connectivity index (χ4n) is 4.68. The number of fused-ring (bicyclic) bond motifs is 2. The molecule has 2 aliphatic rings. The zero-order valence-electron chi connectivity index (χ0n) is 14.0. The zero-order valence-corrected chi connectivity index (χ0v) is 15.5. The molecular formula is C21H23Cl2NO. The predicted molar refractivity (Wildman–Crippen MR) is 103 cm³/mol. The second-order valence-electron chi connectivity index (χ2n) is 7.27. The third kappa shape index (κ3) is 3.21. The van der Waals surface area contributed by atoms with E-state index >= 15 is 0 Å². The van der Waals surface area contributed by atoms with Gasteiger partial charge in [0, 0.05) is 34.0 Å². The first-order valence-corrected chi connectivity index (χ1v) is 9.85. The Bertz CT molecular complexity index is 689. The van der Waals surface area contributed by atoms with Crippen LogP contribution in [-0.2, 0) is 0 Å². The summed E-state index contributed by atoms with van der Waals surface area (Å²) in [5.41, 5.74) is 2.15. The van der Waals surface area contributed by atoms with Gasteiger partial charge < -0.3 is 10.4 Å². The van der Waals surface area contributed by atoms with Gasteiger partial charge in [0.2, 0.25) is 0 Å². The summed E-state index contributed by atoms with van der Waals surface area (Å²) in [7, 11) is 0. The average molecular weight is 376 g/mol. The monoisotopic (exact) mass is 375 g/mol. The molecule has 132 valence electrons. The molecule has 1 saturated carbocycles. The van der Waals surface area contributed by atoms with E-state index < -0.39 is 0 Å². The maximum absolute atomic E-state index is 11.2. The Morgan fingerprint density at radius 3 is 1.64 bits per heavy atom. The summed E-state index contributed by atoms with van der Waals surface area (Å²) < 4.78 is 0. The molecule has 4 heteroatoms. The van der Waals surface area contributed by atoms with Crippen LogP contribution in [-0.4, -0.2) is 11.2 Å². The Balaban J connectivity index is 1.78. The Labute approximate surface area is 159 Å². The van der Waals surface area contributed by atoms with Crippen LogP contribution in [0.5, 0.6) is 0 Å². The number of hydrogen-bond acceptors (Lipinski definition) is 2. The van der Waals surface area contributed by atoms with Crippen LogP contribution in [0.1, 0.15) is 48.9 Å². The van der Waals surface area contributed by atoms with Crippen LogP contribution in [0.25, 0.3) is 0 Å². The standard InChI is InChI=1S/C21H23Cl2NO/c22-17-11-5-3-7-13(17)19-15-9-1-2-10-16(21(15)25)20(24-19)14-8-4-6-12-18(14)23/h3-8,11-12,15-16,19-21,24-25H,1-2,9-10H2/t15-,16+,19+,20-,21?. The number of benzene rings is 2. The van der Waals surface area contributed by atoms with E-state index in [-0.39, 0.29) is 30.0 Å². The summed E-state index contributed by atoms with van der Waals surface area (Å²) in [6.45, 7) is 0. The smallest absolute Gasteiger partial charge is 0.0632 e. The Hall–Kier alpha value is -1.06. The van der Waals surface area contributed by atoms with Gasteiger partial charge in [-0.25, -0.2) is 0 Å². The van der Waals surface area contributed by atoms with E-state index in [1.165, 1.54) is 0 Å². The van der Waals surface area contributed by atoms with Gasteiger partial charge in [-0.3, -0.25) is 0 Å². The van der Waals surface area contributed by atoms with Crippen molar-refractivity contribution >= 4 is 23.2 Å². The summed E-state index contributed by atoms with van der Waals surface area (Å²) in [5, 5.41) is 16.5.